The van der Waals surface area contributed by atoms with E-state index in [0.717, 1.165) is 11.4 Å². The minimum Gasteiger partial charge on any atom is -0.331 e. The van der Waals surface area contributed by atoms with E-state index in [-0.39, 0.29) is 0 Å². The minimum absolute atomic E-state index is 0.338. The standard InChI is InChI=1S/C16H14Cl2N6S2/c17-11-1-5-13(6-2-11)21-15(25)23-19-9-10-20-24-16(26)22-14-7-3-12(18)4-8-14/h1-10H,(H2,21,23,25)(H2,22,24,26). The Balaban J connectivity index is 1.67. The molecule has 2 aromatic rings. The zero-order valence-corrected chi connectivity index (χ0v) is 16.4. The monoisotopic (exact) mass is 424 g/mol. The van der Waals surface area contributed by atoms with Gasteiger partial charge in [-0.25, -0.2) is 0 Å². The number of anilines is 2. The Morgan fingerprint density at radius 3 is 1.38 bits per heavy atom. The van der Waals surface area contributed by atoms with Crippen LogP contribution in [0.25, 0.3) is 0 Å². The minimum atomic E-state index is 0.338. The predicted molar refractivity (Wildman–Crippen MR) is 119 cm³/mol. The predicted octanol–water partition coefficient (Wildman–Crippen LogP) is 4.24. The van der Waals surface area contributed by atoms with Crippen molar-refractivity contribution in [3.05, 3.63) is 58.6 Å². The number of nitrogens with one attached hydrogen (secondary N) is 4. The Hall–Kier alpha value is -2.26. The molecule has 0 aliphatic rings. The molecule has 2 aromatic carbocycles. The Morgan fingerprint density at radius 2 is 1.04 bits per heavy atom. The quantitative estimate of drug-likeness (QED) is 0.326. The van der Waals surface area contributed by atoms with Gasteiger partial charge in [-0.3, -0.25) is 10.9 Å². The van der Waals surface area contributed by atoms with Crippen molar-refractivity contribution in [3.63, 3.8) is 0 Å². The van der Waals surface area contributed by atoms with E-state index >= 15 is 0 Å². The van der Waals surface area contributed by atoms with Crippen molar-refractivity contribution in [2.75, 3.05) is 10.6 Å². The van der Waals surface area contributed by atoms with Crippen molar-refractivity contribution < 1.29 is 0 Å². The van der Waals surface area contributed by atoms with E-state index in [4.69, 9.17) is 47.6 Å². The van der Waals surface area contributed by atoms with Gasteiger partial charge in [-0.15, -0.1) is 0 Å². The second-order valence-electron chi connectivity index (χ2n) is 4.70. The topological polar surface area (TPSA) is 72.8 Å². The molecule has 6 nitrogen and oxygen atoms in total. The van der Waals surface area contributed by atoms with E-state index in [1.54, 1.807) is 48.5 Å². The number of halogens is 2. The van der Waals surface area contributed by atoms with Crippen LogP contribution in [0.3, 0.4) is 0 Å². The van der Waals surface area contributed by atoms with Gasteiger partial charge in [0.05, 0.1) is 12.4 Å². The third-order valence-electron chi connectivity index (χ3n) is 2.75. The third-order valence-corrected chi connectivity index (χ3v) is 3.64. The third kappa shape index (κ3) is 7.75. The summed E-state index contributed by atoms with van der Waals surface area (Å²) in [7, 11) is 0. The molecule has 0 heterocycles. The largest absolute Gasteiger partial charge is 0.331 e. The van der Waals surface area contributed by atoms with Crippen LogP contribution >= 0.6 is 47.6 Å². The number of thiocarbonyl (C=S) groups is 2. The maximum absolute atomic E-state index is 5.81. The highest BCUT2D eigenvalue weighted by Gasteiger charge is 1.96. The fourth-order valence-corrected chi connectivity index (χ4v) is 2.24. The maximum Gasteiger partial charge on any atom is 0.191 e. The van der Waals surface area contributed by atoms with Crippen LogP contribution in [0, 0.1) is 0 Å². The number of rotatable bonds is 5. The average molecular weight is 425 g/mol. The van der Waals surface area contributed by atoms with Crippen molar-refractivity contribution in [3.8, 4) is 0 Å². The van der Waals surface area contributed by atoms with Gasteiger partial charge in [0.25, 0.3) is 0 Å². The van der Waals surface area contributed by atoms with E-state index in [0.29, 0.717) is 20.3 Å². The summed E-state index contributed by atoms with van der Waals surface area (Å²) >= 11 is 21.8. The van der Waals surface area contributed by atoms with Gasteiger partial charge in [0.1, 0.15) is 0 Å². The number of hydrogen-bond acceptors (Lipinski definition) is 4. The summed E-state index contributed by atoms with van der Waals surface area (Å²) in [5.74, 6) is 0. The number of nitrogens with zero attached hydrogens (tertiary/aromatic N) is 2. The van der Waals surface area contributed by atoms with E-state index in [2.05, 4.69) is 31.7 Å². The van der Waals surface area contributed by atoms with Crippen LogP contribution in [0.1, 0.15) is 0 Å². The lowest BCUT2D eigenvalue weighted by Crippen LogP contribution is -2.24. The molecule has 0 saturated carbocycles. The lowest BCUT2D eigenvalue weighted by molar-refractivity contribution is 1.04. The first kappa shape index (κ1) is 20.1. The molecule has 26 heavy (non-hydrogen) atoms. The normalized spacial score (nSPS) is 10.7. The lowest BCUT2D eigenvalue weighted by Gasteiger charge is -2.06. The second-order valence-corrected chi connectivity index (χ2v) is 6.39. The van der Waals surface area contributed by atoms with Gasteiger partial charge < -0.3 is 10.6 Å². The molecule has 0 bridgehead atoms. The maximum atomic E-state index is 5.81. The van der Waals surface area contributed by atoms with Gasteiger partial charge >= 0.3 is 0 Å². The zero-order valence-electron chi connectivity index (χ0n) is 13.2. The molecule has 0 radical (unpaired) electrons. The Labute approximate surface area is 171 Å². The second kappa shape index (κ2) is 10.7. The summed E-state index contributed by atoms with van der Waals surface area (Å²) in [5.41, 5.74) is 6.92. The van der Waals surface area contributed by atoms with Crippen molar-refractivity contribution in [1.29, 1.82) is 0 Å². The molecule has 0 spiro atoms. The summed E-state index contributed by atoms with van der Waals surface area (Å²) in [6.45, 7) is 0. The van der Waals surface area contributed by atoms with Crippen molar-refractivity contribution in [2.45, 2.75) is 0 Å². The highest BCUT2D eigenvalue weighted by Crippen LogP contribution is 2.13. The van der Waals surface area contributed by atoms with Crippen LogP contribution < -0.4 is 21.5 Å². The van der Waals surface area contributed by atoms with E-state index < -0.39 is 0 Å². The first-order valence-electron chi connectivity index (χ1n) is 7.23. The first-order chi connectivity index (χ1) is 12.5. The molecule has 4 N–H and O–H groups in total. The Bertz CT molecular complexity index is 737. The highest BCUT2D eigenvalue weighted by atomic mass is 35.5. The van der Waals surface area contributed by atoms with Crippen molar-refractivity contribution in [1.82, 2.24) is 10.9 Å². The molecule has 134 valence electrons. The zero-order chi connectivity index (χ0) is 18.8. The summed E-state index contributed by atoms with van der Waals surface area (Å²) in [5, 5.41) is 15.7. The van der Waals surface area contributed by atoms with E-state index in [1.165, 1.54) is 12.4 Å². The average Bonchev–Trinajstić information content (AvgIpc) is 2.62. The van der Waals surface area contributed by atoms with Crippen LogP contribution in [0.15, 0.2) is 58.7 Å². The molecule has 0 aliphatic heterocycles. The van der Waals surface area contributed by atoms with Gasteiger partial charge in [0.15, 0.2) is 10.2 Å². The number of hydrogen-bond donors (Lipinski definition) is 4. The molecule has 0 amide bonds. The first-order valence-corrected chi connectivity index (χ1v) is 8.80. The van der Waals surface area contributed by atoms with Crippen LogP contribution in [0.5, 0.6) is 0 Å². The van der Waals surface area contributed by atoms with Gasteiger partial charge in [-0.1, -0.05) is 23.2 Å². The molecular weight excluding hydrogens is 411 g/mol. The molecule has 2 rings (SSSR count). The van der Waals surface area contributed by atoms with Gasteiger partial charge in [0, 0.05) is 21.4 Å². The molecular formula is C16H14Cl2N6S2. The van der Waals surface area contributed by atoms with E-state index in [1.807, 2.05) is 0 Å². The summed E-state index contributed by atoms with van der Waals surface area (Å²) in [6, 6.07) is 14.3. The fourth-order valence-electron chi connectivity index (χ4n) is 1.64. The lowest BCUT2D eigenvalue weighted by atomic mass is 10.3. The Kier molecular flexibility index (Phi) is 8.23. The molecule has 0 atom stereocenters. The summed E-state index contributed by atoms with van der Waals surface area (Å²) in [6.07, 6.45) is 2.85. The van der Waals surface area contributed by atoms with Crippen molar-refractivity contribution >= 4 is 81.7 Å². The smallest absolute Gasteiger partial charge is 0.191 e. The Morgan fingerprint density at radius 1 is 0.692 bits per heavy atom. The van der Waals surface area contributed by atoms with Crippen LogP contribution in [0.2, 0.25) is 10.0 Å². The van der Waals surface area contributed by atoms with Crippen molar-refractivity contribution in [2.24, 2.45) is 10.2 Å². The molecule has 0 fully saturated rings. The molecule has 0 unspecified atom stereocenters. The van der Waals surface area contributed by atoms with Crippen LogP contribution in [-0.4, -0.2) is 22.7 Å². The van der Waals surface area contributed by atoms with Crippen LogP contribution in [0.4, 0.5) is 11.4 Å². The number of hydrazone groups is 2. The molecule has 10 heteroatoms. The fraction of sp³-hybridized carbons (Fsp3) is 0. The van der Waals surface area contributed by atoms with Gasteiger partial charge in [0.2, 0.25) is 0 Å². The SMILES string of the molecule is S=C(NN=CC=NNC(=S)Nc1ccc(Cl)cc1)Nc1ccc(Cl)cc1. The molecule has 0 aliphatic carbocycles. The molecule has 0 aromatic heterocycles. The van der Waals surface area contributed by atoms with Crippen LogP contribution in [-0.2, 0) is 0 Å². The highest BCUT2D eigenvalue weighted by molar-refractivity contribution is 7.80. The van der Waals surface area contributed by atoms with E-state index in [9.17, 15) is 0 Å². The number of benzene rings is 2. The van der Waals surface area contributed by atoms with Gasteiger partial charge in [-0.2, -0.15) is 10.2 Å². The summed E-state index contributed by atoms with van der Waals surface area (Å²) in [4.78, 5) is 0. The summed E-state index contributed by atoms with van der Waals surface area (Å²) < 4.78 is 0. The molecule has 0 saturated heterocycles. The van der Waals surface area contributed by atoms with Gasteiger partial charge in [-0.05, 0) is 73.0 Å².